The molecule has 0 amide bonds. The number of hydrogen-bond donors (Lipinski definition) is 0. The summed E-state index contributed by atoms with van der Waals surface area (Å²) in [7, 11) is 0. The molecule has 0 saturated carbocycles. The lowest BCUT2D eigenvalue weighted by Gasteiger charge is -2.28. The van der Waals surface area contributed by atoms with E-state index in [1.54, 1.807) is 0 Å². The van der Waals surface area contributed by atoms with Crippen LogP contribution in [0.5, 0.6) is 5.88 Å². The molecule has 2 saturated heterocycles. The molecule has 4 rings (SSSR count). The number of morpholine rings is 2. The van der Waals surface area contributed by atoms with Gasteiger partial charge in [-0.05, 0) is 19.4 Å². The van der Waals surface area contributed by atoms with Gasteiger partial charge in [0.1, 0.15) is 24.7 Å². The first-order valence-corrected chi connectivity index (χ1v) is 10.8. The van der Waals surface area contributed by atoms with Gasteiger partial charge in [0.25, 0.3) is 0 Å². The summed E-state index contributed by atoms with van der Waals surface area (Å²) in [4.78, 5) is 13.7. The molecular formula is C21H30N6O4. The third-order valence-corrected chi connectivity index (χ3v) is 5.37. The van der Waals surface area contributed by atoms with Crippen LogP contribution in [0.4, 0.5) is 11.7 Å². The second-order valence-corrected chi connectivity index (χ2v) is 7.61. The maximum atomic E-state index is 5.98. The standard InChI is InChI=1S/C21H30N6O4/c1-16-13-21(31-17(16)2)25-22-15-18-23-19(27-6-10-29-11-7-27)14-20(24-18)30-12-5-26-3-8-28-9-4-26/h13-14H,3-12,15H2,1-2H3. The molecule has 31 heavy (non-hydrogen) atoms. The van der Waals surface area contributed by atoms with Crippen molar-refractivity contribution >= 4 is 11.7 Å². The maximum absolute atomic E-state index is 5.98. The zero-order valence-electron chi connectivity index (χ0n) is 18.2. The number of furan rings is 1. The van der Waals surface area contributed by atoms with Crippen LogP contribution in [0.3, 0.4) is 0 Å². The number of anilines is 1. The third kappa shape index (κ3) is 6.22. The fourth-order valence-corrected chi connectivity index (χ4v) is 3.43. The summed E-state index contributed by atoms with van der Waals surface area (Å²) in [5, 5.41) is 8.40. The zero-order chi connectivity index (χ0) is 21.5. The summed E-state index contributed by atoms with van der Waals surface area (Å²) in [6.07, 6.45) is 0. The van der Waals surface area contributed by atoms with Crippen molar-refractivity contribution in [3.05, 3.63) is 29.3 Å². The summed E-state index contributed by atoms with van der Waals surface area (Å²) in [6, 6.07) is 3.76. The van der Waals surface area contributed by atoms with Crippen LogP contribution in [0.25, 0.3) is 0 Å². The minimum atomic E-state index is 0.247. The van der Waals surface area contributed by atoms with E-state index in [1.807, 2.05) is 26.0 Å². The number of azo groups is 1. The number of hydrogen-bond acceptors (Lipinski definition) is 10. The van der Waals surface area contributed by atoms with E-state index in [4.69, 9.17) is 18.6 Å². The van der Waals surface area contributed by atoms with E-state index < -0.39 is 0 Å². The quantitative estimate of drug-likeness (QED) is 0.589. The lowest BCUT2D eigenvalue weighted by atomic mass is 10.3. The molecule has 2 aromatic rings. The van der Waals surface area contributed by atoms with Gasteiger partial charge in [-0.1, -0.05) is 0 Å². The first-order chi connectivity index (χ1) is 15.2. The zero-order valence-corrected chi connectivity index (χ0v) is 18.2. The average molecular weight is 431 g/mol. The number of aryl methyl sites for hydroxylation is 2. The first-order valence-electron chi connectivity index (χ1n) is 10.8. The first kappa shape index (κ1) is 21.7. The van der Waals surface area contributed by atoms with Crippen molar-refractivity contribution in [2.45, 2.75) is 20.4 Å². The normalized spacial score (nSPS) is 18.1. The Bertz CT molecular complexity index is 855. The largest absolute Gasteiger partial charge is 0.476 e. The van der Waals surface area contributed by atoms with E-state index in [0.29, 0.717) is 37.4 Å². The van der Waals surface area contributed by atoms with Gasteiger partial charge in [0.15, 0.2) is 5.82 Å². The number of aromatic nitrogens is 2. The molecular weight excluding hydrogens is 400 g/mol. The van der Waals surface area contributed by atoms with Crippen LogP contribution in [-0.4, -0.2) is 80.6 Å². The van der Waals surface area contributed by atoms with E-state index in [0.717, 1.165) is 63.1 Å². The Labute approximate surface area is 182 Å². The lowest BCUT2D eigenvalue weighted by molar-refractivity contribution is 0.0320. The molecule has 0 aliphatic carbocycles. The molecule has 0 radical (unpaired) electrons. The molecule has 2 aromatic heterocycles. The third-order valence-electron chi connectivity index (χ3n) is 5.37. The van der Waals surface area contributed by atoms with Crippen molar-refractivity contribution in [3.63, 3.8) is 0 Å². The van der Waals surface area contributed by atoms with Crippen LogP contribution in [0, 0.1) is 13.8 Å². The summed E-state index contributed by atoms with van der Waals surface area (Å²) in [5.74, 6) is 3.28. The van der Waals surface area contributed by atoms with Crippen LogP contribution in [0.1, 0.15) is 17.1 Å². The smallest absolute Gasteiger partial charge is 0.238 e. The fraction of sp³-hybridized carbons (Fsp3) is 0.619. The molecule has 4 heterocycles. The molecule has 0 unspecified atom stereocenters. The van der Waals surface area contributed by atoms with E-state index in [9.17, 15) is 0 Å². The minimum Gasteiger partial charge on any atom is -0.476 e. The van der Waals surface area contributed by atoms with E-state index >= 15 is 0 Å². The van der Waals surface area contributed by atoms with Gasteiger partial charge >= 0.3 is 0 Å². The molecule has 2 aliphatic rings. The number of rotatable bonds is 8. The van der Waals surface area contributed by atoms with Gasteiger partial charge in [0.2, 0.25) is 11.8 Å². The molecule has 0 N–H and O–H groups in total. The SMILES string of the molecule is Cc1cc(N=NCc2nc(OCCN3CCOCC3)cc(N3CCOCC3)n2)oc1C. The van der Waals surface area contributed by atoms with E-state index in [2.05, 4.69) is 30.0 Å². The fourth-order valence-electron chi connectivity index (χ4n) is 3.43. The van der Waals surface area contributed by atoms with Gasteiger partial charge < -0.3 is 23.5 Å². The highest BCUT2D eigenvalue weighted by molar-refractivity contribution is 5.42. The van der Waals surface area contributed by atoms with Crippen LogP contribution in [0.15, 0.2) is 26.8 Å². The Morgan fingerprint density at radius 2 is 1.74 bits per heavy atom. The Morgan fingerprint density at radius 1 is 1.00 bits per heavy atom. The molecule has 168 valence electrons. The number of ether oxygens (including phenoxy) is 3. The monoisotopic (exact) mass is 430 g/mol. The summed E-state index contributed by atoms with van der Waals surface area (Å²) >= 11 is 0. The van der Waals surface area contributed by atoms with Gasteiger partial charge in [-0.3, -0.25) is 4.90 Å². The van der Waals surface area contributed by atoms with Crippen molar-refractivity contribution in [2.24, 2.45) is 10.2 Å². The van der Waals surface area contributed by atoms with Gasteiger partial charge in [-0.15, -0.1) is 5.11 Å². The maximum Gasteiger partial charge on any atom is 0.238 e. The van der Waals surface area contributed by atoms with Crippen molar-refractivity contribution < 1.29 is 18.6 Å². The molecule has 0 spiro atoms. The predicted molar refractivity (Wildman–Crippen MR) is 114 cm³/mol. The summed E-state index contributed by atoms with van der Waals surface area (Å²) < 4.78 is 22.4. The van der Waals surface area contributed by atoms with Crippen molar-refractivity contribution in [1.29, 1.82) is 0 Å². The number of nitrogens with zero attached hydrogens (tertiary/aromatic N) is 6. The second-order valence-electron chi connectivity index (χ2n) is 7.61. The van der Waals surface area contributed by atoms with Crippen molar-refractivity contribution in [3.8, 4) is 5.88 Å². The van der Waals surface area contributed by atoms with Crippen LogP contribution in [-0.2, 0) is 16.0 Å². The Hall–Kier alpha value is -2.56. The van der Waals surface area contributed by atoms with Crippen LogP contribution < -0.4 is 9.64 Å². The Balaban J connectivity index is 1.42. The topological polar surface area (TPSA) is 97.8 Å². The van der Waals surface area contributed by atoms with Gasteiger partial charge in [0, 0.05) is 44.9 Å². The Kier molecular flexibility index (Phi) is 7.44. The highest BCUT2D eigenvalue weighted by Crippen LogP contribution is 2.22. The Morgan fingerprint density at radius 3 is 2.45 bits per heavy atom. The molecule has 0 bridgehead atoms. The molecule has 2 aliphatic heterocycles. The van der Waals surface area contributed by atoms with Crippen molar-refractivity contribution in [2.75, 3.05) is 70.7 Å². The summed E-state index contributed by atoms with van der Waals surface area (Å²) in [6.45, 7) is 11.9. The predicted octanol–water partition coefficient (Wildman–Crippen LogP) is 2.52. The molecule has 2 fully saturated rings. The van der Waals surface area contributed by atoms with Gasteiger partial charge in [-0.25, -0.2) is 4.98 Å². The van der Waals surface area contributed by atoms with E-state index in [1.165, 1.54) is 0 Å². The molecule has 10 heteroatoms. The highest BCUT2D eigenvalue weighted by Gasteiger charge is 2.16. The molecule has 0 aromatic carbocycles. The van der Waals surface area contributed by atoms with E-state index in [-0.39, 0.29) is 6.54 Å². The van der Waals surface area contributed by atoms with Gasteiger partial charge in [0.05, 0.1) is 26.4 Å². The van der Waals surface area contributed by atoms with Crippen LogP contribution >= 0.6 is 0 Å². The lowest BCUT2D eigenvalue weighted by Crippen LogP contribution is -2.38. The molecule has 0 atom stereocenters. The van der Waals surface area contributed by atoms with Gasteiger partial charge in [-0.2, -0.15) is 10.1 Å². The van der Waals surface area contributed by atoms with Crippen molar-refractivity contribution in [1.82, 2.24) is 14.9 Å². The second kappa shape index (κ2) is 10.7. The minimum absolute atomic E-state index is 0.247. The summed E-state index contributed by atoms with van der Waals surface area (Å²) in [5.41, 5.74) is 1.05. The average Bonchev–Trinajstić information content (AvgIpc) is 3.12. The molecule has 10 nitrogen and oxygen atoms in total. The highest BCUT2D eigenvalue weighted by atomic mass is 16.5. The van der Waals surface area contributed by atoms with Crippen LogP contribution in [0.2, 0.25) is 0 Å².